The van der Waals surface area contributed by atoms with E-state index in [0.717, 1.165) is 15.7 Å². The molecule has 0 bridgehead atoms. The quantitative estimate of drug-likeness (QED) is 0.653. The van der Waals surface area contributed by atoms with Gasteiger partial charge in [-0.3, -0.25) is 15.0 Å². The second kappa shape index (κ2) is 5.16. The third-order valence-electron chi connectivity index (χ3n) is 4.33. The van der Waals surface area contributed by atoms with Crippen molar-refractivity contribution in [3.63, 3.8) is 0 Å². The van der Waals surface area contributed by atoms with Gasteiger partial charge in [-0.05, 0) is 11.5 Å². The number of hydrogen-bond donors (Lipinski definition) is 1. The molecule has 1 fully saturated rings. The van der Waals surface area contributed by atoms with Crippen molar-refractivity contribution in [3.8, 4) is 0 Å². The molecule has 2 aliphatic heterocycles. The Hall–Kier alpha value is -3.22. The summed E-state index contributed by atoms with van der Waals surface area (Å²) in [5, 5.41) is 5.52. The summed E-state index contributed by atoms with van der Waals surface area (Å²) in [6.45, 7) is 0. The smallest absolute Gasteiger partial charge is 0.355 e. The number of anilines is 1. The van der Waals surface area contributed by atoms with Crippen LogP contribution in [0.4, 0.5) is 5.69 Å². The van der Waals surface area contributed by atoms with Crippen molar-refractivity contribution < 1.29 is 19.1 Å². The van der Waals surface area contributed by atoms with Gasteiger partial charge < -0.3 is 4.74 Å². The molecule has 0 aliphatic carbocycles. The lowest BCUT2D eigenvalue weighted by atomic mass is 9.99. The van der Waals surface area contributed by atoms with Gasteiger partial charge in [-0.1, -0.05) is 36.4 Å². The summed E-state index contributed by atoms with van der Waals surface area (Å²) >= 11 is 0. The summed E-state index contributed by atoms with van der Waals surface area (Å²) in [6.07, 6.45) is 0. The van der Waals surface area contributed by atoms with Gasteiger partial charge in [0.1, 0.15) is 12.0 Å². The molecular weight excluding hydrogens is 310 g/mol. The van der Waals surface area contributed by atoms with Gasteiger partial charge in [-0.2, -0.15) is 5.10 Å². The van der Waals surface area contributed by atoms with Gasteiger partial charge in [0.15, 0.2) is 5.71 Å². The van der Waals surface area contributed by atoms with Gasteiger partial charge in [0.2, 0.25) is 5.91 Å². The number of benzene rings is 2. The lowest BCUT2D eigenvalue weighted by Gasteiger charge is -2.17. The highest BCUT2D eigenvalue weighted by Crippen LogP contribution is 2.34. The Morgan fingerprint density at radius 2 is 1.88 bits per heavy atom. The second-order valence-electron chi connectivity index (χ2n) is 5.58. The monoisotopic (exact) mass is 323 g/mol. The molecule has 0 aromatic heterocycles. The zero-order valence-electron chi connectivity index (χ0n) is 12.7. The Balaban J connectivity index is 1.81. The zero-order valence-corrected chi connectivity index (χ0v) is 12.7. The highest BCUT2D eigenvalue weighted by Gasteiger charge is 2.55. The highest BCUT2D eigenvalue weighted by atomic mass is 16.5. The molecule has 1 N–H and O–H groups in total. The largest absolute Gasteiger partial charge is 0.464 e. The molecule has 120 valence electrons. The van der Waals surface area contributed by atoms with Crippen LogP contribution in [0.3, 0.4) is 0 Å². The van der Waals surface area contributed by atoms with Crippen LogP contribution in [0.1, 0.15) is 0 Å². The van der Waals surface area contributed by atoms with E-state index in [9.17, 15) is 14.4 Å². The standard InChI is InChI=1S/C17H13N3O4/c1-24-17(23)14-12-13(18-19-14)16(22)20(15(12)21)11-8-4-6-9-5-2-3-7-10(9)11/h2-8,12-13,18H,1H3/t12-,13+/m0/s1. The number of carbonyl (C=O) groups is 3. The number of carbonyl (C=O) groups excluding carboxylic acids is 3. The van der Waals surface area contributed by atoms with Crippen molar-refractivity contribution in [2.75, 3.05) is 12.0 Å². The molecule has 2 heterocycles. The van der Waals surface area contributed by atoms with E-state index in [0.29, 0.717) is 5.69 Å². The minimum atomic E-state index is -0.955. The number of hydrazone groups is 1. The van der Waals surface area contributed by atoms with Gasteiger partial charge in [-0.15, -0.1) is 0 Å². The molecule has 0 saturated carbocycles. The summed E-state index contributed by atoms with van der Waals surface area (Å²) in [7, 11) is 1.21. The van der Waals surface area contributed by atoms with Gasteiger partial charge in [0, 0.05) is 5.39 Å². The van der Waals surface area contributed by atoms with Crippen molar-refractivity contribution in [2.45, 2.75) is 6.04 Å². The van der Waals surface area contributed by atoms with Crippen LogP contribution in [0.25, 0.3) is 10.8 Å². The predicted molar refractivity (Wildman–Crippen MR) is 86.3 cm³/mol. The van der Waals surface area contributed by atoms with Crippen LogP contribution in [-0.2, 0) is 19.1 Å². The number of nitrogens with one attached hydrogen (secondary N) is 1. The normalized spacial score (nSPS) is 22.4. The number of hydrogen-bond acceptors (Lipinski definition) is 6. The van der Waals surface area contributed by atoms with Crippen LogP contribution in [0, 0.1) is 5.92 Å². The molecule has 2 aliphatic rings. The Labute approximate surface area is 136 Å². The Kier molecular flexibility index (Phi) is 3.09. The topological polar surface area (TPSA) is 88.1 Å². The third kappa shape index (κ3) is 1.84. The molecule has 0 spiro atoms. The molecule has 2 aromatic rings. The van der Waals surface area contributed by atoms with Gasteiger partial charge in [0.25, 0.3) is 5.91 Å². The van der Waals surface area contributed by atoms with Crippen molar-refractivity contribution >= 4 is 40.0 Å². The zero-order chi connectivity index (χ0) is 16.8. The van der Waals surface area contributed by atoms with Gasteiger partial charge in [0.05, 0.1) is 12.8 Å². The molecule has 2 aromatic carbocycles. The van der Waals surface area contributed by atoms with E-state index in [4.69, 9.17) is 0 Å². The molecule has 24 heavy (non-hydrogen) atoms. The third-order valence-corrected chi connectivity index (χ3v) is 4.33. The fraction of sp³-hybridized carbons (Fsp3) is 0.176. The number of esters is 1. The summed E-state index contributed by atoms with van der Waals surface area (Å²) in [5.74, 6) is -2.57. The molecule has 7 nitrogen and oxygen atoms in total. The minimum absolute atomic E-state index is 0.0661. The number of fused-ring (bicyclic) bond motifs is 2. The van der Waals surface area contributed by atoms with E-state index >= 15 is 0 Å². The van der Waals surface area contributed by atoms with Crippen molar-refractivity contribution in [1.82, 2.24) is 5.43 Å². The number of rotatable bonds is 2. The highest BCUT2D eigenvalue weighted by molar-refractivity contribution is 6.47. The number of amides is 2. The average molecular weight is 323 g/mol. The van der Waals surface area contributed by atoms with E-state index in [2.05, 4.69) is 15.3 Å². The Morgan fingerprint density at radius 3 is 2.67 bits per heavy atom. The number of nitrogens with zero attached hydrogens (tertiary/aromatic N) is 2. The maximum Gasteiger partial charge on any atom is 0.355 e. The maximum absolute atomic E-state index is 12.8. The SMILES string of the molecule is COC(=O)C1=NN[C@H]2C(=O)N(c3cccc4ccccc34)C(=O)[C@H]12. The lowest BCUT2D eigenvalue weighted by Crippen LogP contribution is -2.36. The first-order valence-electron chi connectivity index (χ1n) is 7.40. The van der Waals surface area contributed by atoms with E-state index in [1.54, 1.807) is 12.1 Å². The van der Waals surface area contributed by atoms with Crippen LogP contribution in [0.2, 0.25) is 0 Å². The van der Waals surface area contributed by atoms with Crippen molar-refractivity contribution in [3.05, 3.63) is 42.5 Å². The summed E-state index contributed by atoms with van der Waals surface area (Å²) < 4.78 is 4.65. The fourth-order valence-electron chi connectivity index (χ4n) is 3.20. The average Bonchev–Trinajstić information content (AvgIpc) is 3.15. The maximum atomic E-state index is 12.8. The van der Waals surface area contributed by atoms with Gasteiger partial charge >= 0.3 is 5.97 Å². The first-order valence-corrected chi connectivity index (χ1v) is 7.40. The molecule has 2 amide bonds. The molecule has 1 saturated heterocycles. The van der Waals surface area contributed by atoms with E-state index in [1.807, 2.05) is 30.3 Å². The number of imide groups is 1. The summed E-state index contributed by atoms with van der Waals surface area (Å²) in [6, 6.07) is 12.0. The number of methoxy groups -OCH3 is 1. The molecule has 7 heteroatoms. The molecule has 0 unspecified atom stereocenters. The first-order chi connectivity index (χ1) is 11.6. The minimum Gasteiger partial charge on any atom is -0.464 e. The van der Waals surface area contributed by atoms with Crippen LogP contribution in [0.5, 0.6) is 0 Å². The Morgan fingerprint density at radius 1 is 1.12 bits per heavy atom. The fourth-order valence-corrected chi connectivity index (χ4v) is 3.20. The number of ether oxygens (including phenoxy) is 1. The molecule has 0 radical (unpaired) electrons. The van der Waals surface area contributed by atoms with Crippen LogP contribution >= 0.6 is 0 Å². The lowest BCUT2D eigenvalue weighted by molar-refractivity contribution is -0.133. The molecular formula is C17H13N3O4. The Bertz CT molecular complexity index is 916. The van der Waals surface area contributed by atoms with Crippen LogP contribution in [0.15, 0.2) is 47.6 Å². The first kappa shape index (κ1) is 14.4. The van der Waals surface area contributed by atoms with Crippen LogP contribution < -0.4 is 10.3 Å². The molecule has 4 rings (SSSR count). The summed E-state index contributed by atoms with van der Waals surface area (Å²) in [4.78, 5) is 38.5. The second-order valence-corrected chi connectivity index (χ2v) is 5.58. The summed E-state index contributed by atoms with van der Waals surface area (Å²) in [5.41, 5.74) is 3.02. The van der Waals surface area contributed by atoms with Crippen molar-refractivity contribution in [1.29, 1.82) is 0 Å². The van der Waals surface area contributed by atoms with Crippen molar-refractivity contribution in [2.24, 2.45) is 11.0 Å². The van der Waals surface area contributed by atoms with E-state index in [1.165, 1.54) is 7.11 Å². The van der Waals surface area contributed by atoms with E-state index in [-0.39, 0.29) is 5.71 Å². The van der Waals surface area contributed by atoms with E-state index < -0.39 is 29.7 Å². The molecule has 2 atom stereocenters. The van der Waals surface area contributed by atoms with Gasteiger partial charge in [-0.25, -0.2) is 9.69 Å². The van der Waals surface area contributed by atoms with Crippen LogP contribution in [-0.4, -0.2) is 36.6 Å². The predicted octanol–water partition coefficient (Wildman–Crippen LogP) is 0.830.